The van der Waals surface area contributed by atoms with Crippen molar-refractivity contribution in [1.82, 2.24) is 0 Å². The van der Waals surface area contributed by atoms with E-state index in [0.717, 1.165) is 8.58 Å². The largest absolute Gasteiger partial charge is 0.332 e. The molecule has 0 N–H and O–H groups in total. The van der Waals surface area contributed by atoms with Crippen molar-refractivity contribution < 1.29 is 4.57 Å². The number of hydrogen-bond acceptors (Lipinski definition) is 1. The molecule has 0 aliphatic carbocycles. The number of rotatable bonds is 0. The van der Waals surface area contributed by atoms with Crippen LogP contribution in [0.1, 0.15) is 29.7 Å². The summed E-state index contributed by atoms with van der Waals surface area (Å²) in [5, 5.41) is 0. The van der Waals surface area contributed by atoms with Crippen LogP contribution in [0.5, 0.6) is 0 Å². The van der Waals surface area contributed by atoms with E-state index >= 15 is 0 Å². The molecule has 0 aliphatic heterocycles. The molecule has 11 heavy (non-hydrogen) atoms. The first-order chi connectivity index (χ1) is 3.15. The maximum absolute atomic E-state index is 9.59. The SMILES string of the molecule is C.C.C.C.CPC.C[P+](C)=O. The number of hydrogen-bond donors (Lipinski definition) is 0. The van der Waals surface area contributed by atoms with Gasteiger partial charge in [-0.1, -0.05) is 34.3 Å². The Morgan fingerprint density at radius 1 is 0.909 bits per heavy atom. The topological polar surface area (TPSA) is 17.1 Å². The van der Waals surface area contributed by atoms with Crippen LogP contribution in [0.4, 0.5) is 0 Å². The Hall–Kier alpha value is 0.530. The quantitative estimate of drug-likeness (QED) is 0.528. The van der Waals surface area contributed by atoms with Gasteiger partial charge in [0.25, 0.3) is 0 Å². The predicted octanol–water partition coefficient (Wildman–Crippen LogP) is 4.54. The first-order valence-electron chi connectivity index (χ1n) is 2.08. The zero-order valence-corrected chi connectivity index (χ0v) is 7.25. The molecule has 0 spiro atoms. The third kappa shape index (κ3) is 2730. The van der Waals surface area contributed by atoms with Crippen LogP contribution in [-0.2, 0) is 4.57 Å². The summed E-state index contributed by atoms with van der Waals surface area (Å²) in [5.41, 5.74) is 0. The molecule has 0 fully saturated rings. The van der Waals surface area contributed by atoms with Crippen molar-refractivity contribution in [2.24, 2.45) is 0 Å². The fourth-order valence-corrected chi connectivity index (χ4v) is 0. The van der Waals surface area contributed by atoms with Gasteiger partial charge in [-0.3, -0.25) is 0 Å². The van der Waals surface area contributed by atoms with Gasteiger partial charge in [0.05, 0.1) is 0 Å². The van der Waals surface area contributed by atoms with E-state index < -0.39 is 7.80 Å². The molecule has 0 saturated heterocycles. The molecule has 0 aromatic carbocycles. The normalized spacial score (nSPS) is 4.00. The van der Waals surface area contributed by atoms with Crippen LogP contribution in [0.25, 0.3) is 0 Å². The lowest BCUT2D eigenvalue weighted by molar-refractivity contribution is 0.594. The highest BCUT2D eigenvalue weighted by Gasteiger charge is 1.80. The fraction of sp³-hybridized carbons (Fsp3) is 1.00. The summed E-state index contributed by atoms with van der Waals surface area (Å²) in [6.45, 7) is 7.66. The molecule has 0 aromatic rings. The van der Waals surface area contributed by atoms with Gasteiger partial charge in [0.15, 0.2) is 0 Å². The van der Waals surface area contributed by atoms with E-state index in [2.05, 4.69) is 13.3 Å². The van der Waals surface area contributed by atoms with Crippen molar-refractivity contribution in [3.63, 3.8) is 0 Å². The second kappa shape index (κ2) is 46.6. The summed E-state index contributed by atoms with van der Waals surface area (Å²) in [5.74, 6) is 0. The molecule has 0 aliphatic rings. The van der Waals surface area contributed by atoms with Crippen molar-refractivity contribution in [2.75, 3.05) is 26.7 Å². The van der Waals surface area contributed by atoms with Gasteiger partial charge in [-0.15, -0.1) is 8.58 Å². The first kappa shape index (κ1) is 41.8. The first-order valence-corrected chi connectivity index (χ1v) is 6.23. The van der Waals surface area contributed by atoms with E-state index in [9.17, 15) is 4.57 Å². The van der Waals surface area contributed by atoms with E-state index in [1.165, 1.54) is 0 Å². The zero-order chi connectivity index (χ0) is 6.28. The molecule has 0 amide bonds. The van der Waals surface area contributed by atoms with Crippen LogP contribution in [0.3, 0.4) is 0 Å². The molecule has 0 atom stereocenters. The van der Waals surface area contributed by atoms with E-state index in [1.54, 1.807) is 13.3 Å². The van der Waals surface area contributed by atoms with E-state index in [-0.39, 0.29) is 29.7 Å². The van der Waals surface area contributed by atoms with Crippen molar-refractivity contribution in [3.8, 4) is 0 Å². The van der Waals surface area contributed by atoms with Gasteiger partial charge in [0.2, 0.25) is 0 Å². The van der Waals surface area contributed by atoms with Crippen molar-refractivity contribution >= 4 is 16.4 Å². The molecule has 76 valence electrons. The highest BCUT2D eigenvalue weighted by Crippen LogP contribution is 2.00. The van der Waals surface area contributed by atoms with Gasteiger partial charge < -0.3 is 0 Å². The Labute approximate surface area is 77.9 Å². The minimum atomic E-state index is -0.870. The standard InChI is InChI=1S/C2H6OP.C2H7P.4CH4/c1-4(2)3;1-3-2;;;;/h1-2H3;3H,1-2H3;4*1H4/q+1;;;;;. The minimum Gasteiger partial charge on any atom is -0.129 e. The molecule has 3 heteroatoms. The Bertz CT molecular complexity index is 43.4. The maximum Gasteiger partial charge on any atom is 0.332 e. The fourth-order valence-electron chi connectivity index (χ4n) is 0. The van der Waals surface area contributed by atoms with Crippen LogP contribution < -0.4 is 0 Å². The molecule has 0 radical (unpaired) electrons. The highest BCUT2D eigenvalue weighted by molar-refractivity contribution is 7.42. The second-order valence-electron chi connectivity index (χ2n) is 1.31. The van der Waals surface area contributed by atoms with Crippen LogP contribution in [0, 0.1) is 0 Å². The van der Waals surface area contributed by atoms with Crippen LogP contribution in [0.15, 0.2) is 0 Å². The second-order valence-corrected chi connectivity index (χ2v) is 3.94. The Balaban J connectivity index is -0.00000000848. The summed E-state index contributed by atoms with van der Waals surface area (Å²) in [6.07, 6.45) is 0. The van der Waals surface area contributed by atoms with Gasteiger partial charge in [0, 0.05) is 0 Å². The third-order valence-electron chi connectivity index (χ3n) is 0. The molecule has 0 bridgehead atoms. The Kier molecular flexibility index (Phi) is 177. The van der Waals surface area contributed by atoms with Gasteiger partial charge in [-0.2, -0.15) is 0 Å². The predicted molar refractivity (Wildman–Crippen MR) is 66.5 cm³/mol. The lowest BCUT2D eigenvalue weighted by Crippen LogP contribution is -1.33. The van der Waals surface area contributed by atoms with Gasteiger partial charge >= 0.3 is 7.80 Å². The molecule has 0 rings (SSSR count). The van der Waals surface area contributed by atoms with E-state index in [1.807, 2.05) is 0 Å². The summed E-state index contributed by atoms with van der Waals surface area (Å²) in [4.78, 5) is 0. The van der Waals surface area contributed by atoms with E-state index in [4.69, 9.17) is 0 Å². The highest BCUT2D eigenvalue weighted by atomic mass is 31.1. The zero-order valence-electron chi connectivity index (χ0n) is 5.36. The smallest absolute Gasteiger partial charge is 0.129 e. The average Bonchev–Trinajstić information content (AvgIpc) is 1.33. The van der Waals surface area contributed by atoms with Crippen molar-refractivity contribution in [3.05, 3.63) is 0 Å². The summed E-state index contributed by atoms with van der Waals surface area (Å²) in [6, 6.07) is 0. The molecular weight excluding hydrogens is 174 g/mol. The average molecular weight is 203 g/mol. The van der Waals surface area contributed by atoms with Crippen molar-refractivity contribution in [2.45, 2.75) is 29.7 Å². The maximum atomic E-state index is 9.59. The van der Waals surface area contributed by atoms with Crippen molar-refractivity contribution in [1.29, 1.82) is 0 Å². The lowest BCUT2D eigenvalue weighted by Gasteiger charge is -1.50. The molecule has 0 unspecified atom stereocenters. The summed E-state index contributed by atoms with van der Waals surface area (Å²) < 4.78 is 9.59. The Morgan fingerprint density at radius 2 is 0.909 bits per heavy atom. The minimum absolute atomic E-state index is 0. The monoisotopic (exact) mass is 203 g/mol. The van der Waals surface area contributed by atoms with Gasteiger partial charge in [-0.05, 0) is 13.3 Å². The van der Waals surface area contributed by atoms with Crippen LogP contribution >= 0.6 is 16.4 Å². The summed E-state index contributed by atoms with van der Waals surface area (Å²) in [7, 11) is 0.213. The molecule has 0 heterocycles. The van der Waals surface area contributed by atoms with E-state index in [0.29, 0.717) is 0 Å². The lowest BCUT2D eigenvalue weighted by atomic mass is 11.9. The third-order valence-corrected chi connectivity index (χ3v) is 0. The molecular formula is C8H29OP2+. The Morgan fingerprint density at radius 3 is 0.909 bits per heavy atom. The van der Waals surface area contributed by atoms with Gasteiger partial charge in [0.1, 0.15) is 13.3 Å². The molecule has 0 saturated carbocycles. The van der Waals surface area contributed by atoms with Gasteiger partial charge in [-0.25, -0.2) is 0 Å². The summed E-state index contributed by atoms with van der Waals surface area (Å²) >= 11 is 0. The van der Waals surface area contributed by atoms with Crippen LogP contribution in [-0.4, -0.2) is 26.7 Å². The molecule has 1 nitrogen and oxygen atoms in total. The van der Waals surface area contributed by atoms with Crippen LogP contribution in [0.2, 0.25) is 0 Å². The molecule has 0 aromatic heterocycles.